The Bertz CT molecular complexity index is 1190. The molecular formula is C24H23N5O2S. The highest BCUT2D eigenvalue weighted by Crippen LogP contribution is 2.28. The van der Waals surface area contributed by atoms with E-state index >= 15 is 0 Å². The predicted molar refractivity (Wildman–Crippen MR) is 126 cm³/mol. The molecule has 2 heterocycles. The van der Waals surface area contributed by atoms with Gasteiger partial charge in [0.25, 0.3) is 0 Å². The summed E-state index contributed by atoms with van der Waals surface area (Å²) in [6.45, 7) is 4.57. The molecule has 0 aliphatic heterocycles. The van der Waals surface area contributed by atoms with Gasteiger partial charge in [0, 0.05) is 29.3 Å². The fourth-order valence-corrected chi connectivity index (χ4v) is 3.93. The van der Waals surface area contributed by atoms with Crippen molar-refractivity contribution in [2.75, 3.05) is 17.7 Å². The van der Waals surface area contributed by atoms with Crippen molar-refractivity contribution in [3.63, 3.8) is 0 Å². The van der Waals surface area contributed by atoms with Crippen molar-refractivity contribution in [1.29, 1.82) is 0 Å². The van der Waals surface area contributed by atoms with Crippen LogP contribution in [0.15, 0.2) is 78.2 Å². The summed E-state index contributed by atoms with van der Waals surface area (Å²) in [7, 11) is 0. The summed E-state index contributed by atoms with van der Waals surface area (Å²) in [5.41, 5.74) is 3.69. The maximum Gasteiger partial charge on any atom is 0.234 e. The van der Waals surface area contributed by atoms with Crippen LogP contribution in [0, 0.1) is 6.92 Å². The first-order valence-corrected chi connectivity index (χ1v) is 11.2. The normalized spacial score (nSPS) is 10.7. The zero-order valence-corrected chi connectivity index (χ0v) is 18.7. The average molecular weight is 446 g/mol. The molecule has 4 rings (SSSR count). The Balaban J connectivity index is 1.53. The Hall–Kier alpha value is -3.65. The highest BCUT2D eigenvalue weighted by molar-refractivity contribution is 7.99. The average Bonchev–Trinajstić information content (AvgIpc) is 3.24. The molecule has 0 unspecified atom stereocenters. The summed E-state index contributed by atoms with van der Waals surface area (Å²) in [6, 6.07) is 19.2. The molecule has 7 nitrogen and oxygen atoms in total. The molecule has 0 fully saturated rings. The van der Waals surface area contributed by atoms with Gasteiger partial charge < -0.3 is 10.1 Å². The van der Waals surface area contributed by atoms with Crippen molar-refractivity contribution in [3.8, 4) is 22.8 Å². The summed E-state index contributed by atoms with van der Waals surface area (Å²) in [5.74, 6) is 1.55. The summed E-state index contributed by atoms with van der Waals surface area (Å²) in [5, 5.41) is 12.3. The van der Waals surface area contributed by atoms with Crippen LogP contribution in [0.2, 0.25) is 0 Å². The Morgan fingerprint density at radius 1 is 1.06 bits per heavy atom. The minimum absolute atomic E-state index is 0.122. The number of anilines is 1. The second kappa shape index (κ2) is 10.1. The van der Waals surface area contributed by atoms with Gasteiger partial charge in [0.1, 0.15) is 5.75 Å². The fourth-order valence-electron chi connectivity index (χ4n) is 3.18. The summed E-state index contributed by atoms with van der Waals surface area (Å²) in [6.07, 6.45) is 3.45. The van der Waals surface area contributed by atoms with Crippen LogP contribution in [0.3, 0.4) is 0 Å². The maximum absolute atomic E-state index is 12.5. The summed E-state index contributed by atoms with van der Waals surface area (Å²) < 4.78 is 7.40. The van der Waals surface area contributed by atoms with Gasteiger partial charge in [-0.25, -0.2) is 0 Å². The summed E-state index contributed by atoms with van der Waals surface area (Å²) >= 11 is 1.34. The van der Waals surface area contributed by atoms with E-state index in [4.69, 9.17) is 4.74 Å². The van der Waals surface area contributed by atoms with Crippen LogP contribution in [0.5, 0.6) is 5.75 Å². The van der Waals surface area contributed by atoms with Crippen molar-refractivity contribution in [2.24, 2.45) is 0 Å². The number of carbonyl (C=O) groups excluding carboxylic acids is 1. The van der Waals surface area contributed by atoms with Crippen molar-refractivity contribution in [3.05, 3.63) is 78.6 Å². The lowest BCUT2D eigenvalue weighted by Crippen LogP contribution is -2.14. The van der Waals surface area contributed by atoms with Gasteiger partial charge in [-0.05, 0) is 67.9 Å². The fraction of sp³-hybridized carbons (Fsp3) is 0.167. The molecule has 32 heavy (non-hydrogen) atoms. The van der Waals surface area contributed by atoms with Crippen molar-refractivity contribution in [2.45, 2.75) is 19.0 Å². The monoisotopic (exact) mass is 445 g/mol. The van der Waals surface area contributed by atoms with Gasteiger partial charge in [-0.15, -0.1) is 10.2 Å². The zero-order valence-electron chi connectivity index (χ0n) is 17.9. The molecule has 0 saturated heterocycles. The molecule has 0 atom stereocenters. The number of pyridine rings is 1. The van der Waals surface area contributed by atoms with Gasteiger partial charge in [-0.3, -0.25) is 14.3 Å². The Morgan fingerprint density at radius 2 is 1.84 bits per heavy atom. The van der Waals surface area contributed by atoms with E-state index in [0.717, 1.165) is 28.3 Å². The number of hydrogen-bond donors (Lipinski definition) is 1. The Labute approximate surface area is 190 Å². The number of amides is 1. The lowest BCUT2D eigenvalue weighted by atomic mass is 10.2. The molecule has 0 bridgehead atoms. The number of nitrogens with zero attached hydrogens (tertiary/aromatic N) is 4. The van der Waals surface area contributed by atoms with Gasteiger partial charge in [-0.2, -0.15) is 0 Å². The topological polar surface area (TPSA) is 81.9 Å². The van der Waals surface area contributed by atoms with Crippen molar-refractivity contribution >= 4 is 23.4 Å². The second-order valence-electron chi connectivity index (χ2n) is 7.01. The molecule has 0 saturated carbocycles. The van der Waals surface area contributed by atoms with E-state index in [1.54, 1.807) is 12.4 Å². The van der Waals surface area contributed by atoms with Crippen LogP contribution in [-0.2, 0) is 4.79 Å². The molecule has 2 aromatic carbocycles. The first kappa shape index (κ1) is 21.6. The first-order chi connectivity index (χ1) is 15.6. The highest BCUT2D eigenvalue weighted by Gasteiger charge is 2.17. The Kier molecular flexibility index (Phi) is 6.81. The van der Waals surface area contributed by atoms with Crippen LogP contribution < -0.4 is 10.1 Å². The van der Waals surface area contributed by atoms with Crippen LogP contribution in [0.4, 0.5) is 5.69 Å². The number of thioether (sulfide) groups is 1. The van der Waals surface area contributed by atoms with Crippen molar-refractivity contribution < 1.29 is 9.53 Å². The quantitative estimate of drug-likeness (QED) is 0.394. The van der Waals surface area contributed by atoms with E-state index < -0.39 is 0 Å². The SMILES string of the molecule is CCOc1ccc(NC(=O)CSc2nnc(-c3ccncc3)n2-c2cccc(C)c2)cc1. The van der Waals surface area contributed by atoms with Gasteiger partial charge >= 0.3 is 0 Å². The van der Waals surface area contributed by atoms with Crippen LogP contribution in [0.1, 0.15) is 12.5 Å². The molecule has 4 aromatic rings. The summed E-state index contributed by atoms with van der Waals surface area (Å²) in [4.78, 5) is 16.6. The molecule has 0 aliphatic carbocycles. The van der Waals surface area contributed by atoms with Gasteiger partial charge in [0.05, 0.1) is 12.4 Å². The Morgan fingerprint density at radius 3 is 2.56 bits per heavy atom. The molecule has 1 N–H and O–H groups in total. The third kappa shape index (κ3) is 5.15. The number of aryl methyl sites for hydroxylation is 1. The number of benzene rings is 2. The molecule has 0 radical (unpaired) electrons. The van der Waals surface area contributed by atoms with Crippen LogP contribution in [-0.4, -0.2) is 38.0 Å². The molecule has 1 amide bonds. The third-order valence-corrected chi connectivity index (χ3v) is 5.54. The smallest absolute Gasteiger partial charge is 0.234 e. The largest absolute Gasteiger partial charge is 0.494 e. The molecule has 0 aliphatic rings. The standard InChI is InChI=1S/C24H23N5O2S/c1-3-31-21-9-7-19(8-10-21)26-22(30)16-32-24-28-27-23(18-11-13-25-14-12-18)29(24)20-6-4-5-17(2)15-20/h4-15H,3,16H2,1-2H3,(H,26,30). The van der Waals surface area contributed by atoms with Gasteiger partial charge in [0.15, 0.2) is 11.0 Å². The van der Waals surface area contributed by atoms with E-state index in [0.29, 0.717) is 17.6 Å². The van der Waals surface area contributed by atoms with E-state index in [2.05, 4.69) is 26.6 Å². The second-order valence-corrected chi connectivity index (χ2v) is 7.95. The lowest BCUT2D eigenvalue weighted by Gasteiger charge is -2.11. The maximum atomic E-state index is 12.5. The molecule has 8 heteroatoms. The molecule has 2 aromatic heterocycles. The lowest BCUT2D eigenvalue weighted by molar-refractivity contribution is -0.113. The minimum Gasteiger partial charge on any atom is -0.494 e. The molecule has 0 spiro atoms. The number of hydrogen-bond acceptors (Lipinski definition) is 6. The minimum atomic E-state index is -0.122. The zero-order chi connectivity index (χ0) is 22.3. The number of rotatable bonds is 8. The third-order valence-electron chi connectivity index (χ3n) is 4.61. The van der Waals surface area contributed by atoms with E-state index in [-0.39, 0.29) is 11.7 Å². The van der Waals surface area contributed by atoms with Gasteiger partial charge in [-0.1, -0.05) is 23.9 Å². The number of ether oxygens (including phenoxy) is 1. The highest BCUT2D eigenvalue weighted by atomic mass is 32.2. The first-order valence-electron chi connectivity index (χ1n) is 10.2. The molecular weight excluding hydrogens is 422 g/mol. The van der Waals surface area contributed by atoms with Crippen LogP contribution >= 0.6 is 11.8 Å². The van der Waals surface area contributed by atoms with Crippen LogP contribution in [0.25, 0.3) is 17.1 Å². The van der Waals surface area contributed by atoms with E-state index in [9.17, 15) is 4.79 Å². The van der Waals surface area contributed by atoms with E-state index in [1.165, 1.54) is 11.8 Å². The number of nitrogens with one attached hydrogen (secondary N) is 1. The van der Waals surface area contributed by atoms with Crippen molar-refractivity contribution in [1.82, 2.24) is 19.7 Å². The number of aromatic nitrogens is 4. The predicted octanol–water partition coefficient (Wildman–Crippen LogP) is 4.77. The van der Waals surface area contributed by atoms with E-state index in [1.807, 2.05) is 73.0 Å². The van der Waals surface area contributed by atoms with Gasteiger partial charge in [0.2, 0.25) is 5.91 Å². The molecule has 162 valence electrons. The number of carbonyl (C=O) groups is 1.